The van der Waals surface area contributed by atoms with E-state index in [1.54, 1.807) is 109 Å². The van der Waals surface area contributed by atoms with E-state index in [2.05, 4.69) is 53.2 Å². The van der Waals surface area contributed by atoms with Crippen molar-refractivity contribution in [2.24, 2.45) is 28.9 Å². The normalized spacial score (nSPS) is 19.3. The molecule has 6 aromatic rings. The zero-order valence-corrected chi connectivity index (χ0v) is 53.0. The summed E-state index contributed by atoms with van der Waals surface area (Å²) in [6, 6.07) is 45.2. The van der Waals surface area contributed by atoms with Crippen LogP contribution in [0.5, 0.6) is 0 Å². The first-order valence-corrected chi connectivity index (χ1v) is 31.8. The van der Waals surface area contributed by atoms with Gasteiger partial charge >= 0.3 is 0 Å². The minimum absolute atomic E-state index is 0.00716. The highest BCUT2D eigenvalue weighted by molar-refractivity contribution is 6.00. The van der Waals surface area contributed by atoms with E-state index in [1.165, 1.54) is 0 Å². The van der Waals surface area contributed by atoms with Crippen LogP contribution in [0.4, 0.5) is 0 Å². The molecule has 25 nitrogen and oxygen atoms in total. The molecule has 6 aromatic carbocycles. The average molecular weight is 1290 g/mol. The molecule has 7 atom stereocenters. The maximum Gasteiger partial charge on any atom is 0.244 e. The molecule has 1 fully saturated rings. The minimum Gasteiger partial charge on any atom is -0.370 e. The van der Waals surface area contributed by atoms with Crippen molar-refractivity contribution in [1.29, 1.82) is 21.6 Å². The van der Waals surface area contributed by atoms with Gasteiger partial charge in [0.1, 0.15) is 30.2 Å². The van der Waals surface area contributed by atoms with Crippen LogP contribution in [0.2, 0.25) is 0 Å². The Bertz CT molecular complexity index is 3280. The van der Waals surface area contributed by atoms with Crippen LogP contribution >= 0.6 is 0 Å². The summed E-state index contributed by atoms with van der Waals surface area (Å²) in [4.78, 5) is 110. The van der Waals surface area contributed by atoms with Crippen LogP contribution in [0.3, 0.4) is 0 Å². The SMILES string of the molecule is N=C(N)NCCC[C@H]1CC(=O)[C@H](CCCNC(=N)N)NC(=O)[C@@H](CCCNC(=N)N)NC(=O)[C@H](CCCNC(=N)N)NC(=O)[C@@H](C(c2ccccc2)c2ccccc2)NC(=O)[C@H](C(c2ccccc2)c2ccccc2)NC(=O)[C@@H](C(c2ccccc2)c2ccccc2)NC1=O. The summed E-state index contributed by atoms with van der Waals surface area (Å²) in [6.07, 6.45) is -0.117. The molecule has 0 aromatic heterocycles. The largest absolute Gasteiger partial charge is 0.370 e. The number of carbonyl (C=O) groups excluding carboxylic acids is 7. The summed E-state index contributed by atoms with van der Waals surface area (Å²) in [5, 5.41) is 60.3. The number of ketones is 1. The van der Waals surface area contributed by atoms with Crippen LogP contribution in [-0.2, 0) is 33.6 Å². The van der Waals surface area contributed by atoms with Crippen molar-refractivity contribution in [3.05, 3.63) is 215 Å². The van der Waals surface area contributed by atoms with E-state index in [4.69, 9.17) is 44.6 Å². The second kappa shape index (κ2) is 36.8. The number of benzene rings is 6. The van der Waals surface area contributed by atoms with E-state index in [-0.39, 0.29) is 101 Å². The zero-order valence-electron chi connectivity index (χ0n) is 53.0. The second-order valence-corrected chi connectivity index (χ2v) is 23.3. The van der Waals surface area contributed by atoms with Crippen molar-refractivity contribution in [3.8, 4) is 0 Å². The highest BCUT2D eigenvalue weighted by Gasteiger charge is 2.43. The number of hydrogen-bond acceptors (Lipinski definition) is 11. The molecule has 7 rings (SSSR count). The Labute approximate surface area is 553 Å². The molecular weight excluding hydrogens is 1200 g/mol. The van der Waals surface area contributed by atoms with Gasteiger partial charge in [-0.05, 0) is 84.7 Å². The first-order chi connectivity index (χ1) is 45.9. The molecular formula is C70H88N18O7. The maximum absolute atomic E-state index is 16.5. The summed E-state index contributed by atoms with van der Waals surface area (Å²) in [6.45, 7) is 0.391. The number of nitrogens with one attached hydrogen (secondary N) is 14. The molecule has 1 aliphatic heterocycles. The van der Waals surface area contributed by atoms with Gasteiger partial charge in [0, 0.05) is 56.3 Å². The first kappa shape index (κ1) is 71.3. The van der Waals surface area contributed by atoms with Crippen LogP contribution < -0.4 is 76.1 Å². The van der Waals surface area contributed by atoms with Gasteiger partial charge in [-0.15, -0.1) is 0 Å². The zero-order chi connectivity index (χ0) is 68.1. The molecule has 1 saturated heterocycles. The summed E-state index contributed by atoms with van der Waals surface area (Å²) >= 11 is 0. The standard InChI is InChI=1S/C70H88N18O7/c71-67(72)79-39-19-35-50-43-54(89)51(36-20-40-80-68(73)74)83-62(91)52(37-21-41-81-69(75)76)84-63(92)53(38-22-42-82-70(77)78)85-64(93)58(55(44-23-7-1-8-24-44)45-25-9-2-10-26-45)87-66(95)60(57(48-31-15-5-16-32-48)49-33-17-6-18-34-49)88-65(94)59(86-61(50)90)56(46-27-11-3-12-28-46)47-29-13-4-14-30-47/h1-18,23-34,50-53,55-60H,19-22,35-43H2,(H,83,91)(H,84,92)(H,85,93)(H,86,90)(H,87,95)(H,88,94)(H4,71,72,79)(H4,73,74,80)(H4,75,76,81)(H4,77,78,82)/t50-,51-,52+,53-,58+,59+,60-/m0/s1. The van der Waals surface area contributed by atoms with Gasteiger partial charge in [-0.25, -0.2) is 0 Å². The van der Waals surface area contributed by atoms with Crippen molar-refractivity contribution < 1.29 is 33.6 Å². The topological polar surface area (TPSA) is 439 Å². The van der Waals surface area contributed by atoms with Crippen molar-refractivity contribution in [2.45, 2.75) is 112 Å². The number of rotatable bonds is 25. The van der Waals surface area contributed by atoms with Crippen molar-refractivity contribution in [3.63, 3.8) is 0 Å². The summed E-state index contributed by atoms with van der Waals surface area (Å²) in [5.41, 5.74) is 26.2. The van der Waals surface area contributed by atoms with Gasteiger partial charge in [0.05, 0.1) is 6.04 Å². The Balaban J connectivity index is 1.50. The average Bonchev–Trinajstić information content (AvgIpc) is 0.866. The Morgan fingerprint density at radius 2 is 0.558 bits per heavy atom. The number of carbonyl (C=O) groups is 7. The van der Waals surface area contributed by atoms with E-state index < -0.39 is 108 Å². The fraction of sp³-hybridized carbons (Fsp3) is 0.329. The molecule has 1 heterocycles. The predicted molar refractivity (Wildman–Crippen MR) is 365 cm³/mol. The van der Waals surface area contributed by atoms with E-state index in [9.17, 15) is 0 Å². The summed E-state index contributed by atoms with van der Waals surface area (Å²) in [7, 11) is 0. The third-order valence-electron chi connectivity index (χ3n) is 16.5. The molecule has 0 radical (unpaired) electrons. The highest BCUT2D eigenvalue weighted by atomic mass is 16.2. The molecule has 0 aliphatic carbocycles. The lowest BCUT2D eigenvalue weighted by Crippen LogP contribution is -2.62. The molecule has 6 amide bonds. The van der Waals surface area contributed by atoms with Crippen LogP contribution in [0.15, 0.2) is 182 Å². The van der Waals surface area contributed by atoms with Gasteiger partial charge in [-0.1, -0.05) is 182 Å². The second-order valence-electron chi connectivity index (χ2n) is 23.3. The molecule has 25 heteroatoms. The van der Waals surface area contributed by atoms with Gasteiger partial charge in [-0.3, -0.25) is 55.2 Å². The van der Waals surface area contributed by atoms with Gasteiger partial charge in [0.25, 0.3) is 0 Å². The third kappa shape index (κ3) is 22.0. The highest BCUT2D eigenvalue weighted by Crippen LogP contribution is 2.34. The number of amides is 6. The smallest absolute Gasteiger partial charge is 0.244 e. The predicted octanol–water partition coefficient (Wildman–Crippen LogP) is 3.03. The summed E-state index contributed by atoms with van der Waals surface area (Å²) < 4.78 is 0. The fourth-order valence-corrected chi connectivity index (χ4v) is 11.9. The van der Waals surface area contributed by atoms with E-state index in [1.807, 2.05) is 72.8 Å². The lowest BCUT2D eigenvalue weighted by molar-refractivity contribution is -0.136. The molecule has 1 aliphatic rings. The van der Waals surface area contributed by atoms with Crippen LogP contribution in [0.1, 0.15) is 109 Å². The molecule has 0 unspecified atom stereocenters. The van der Waals surface area contributed by atoms with Crippen molar-refractivity contribution in [1.82, 2.24) is 53.2 Å². The number of nitrogens with two attached hydrogens (primary N) is 4. The van der Waals surface area contributed by atoms with Gasteiger partial charge < -0.3 is 76.1 Å². The molecule has 0 spiro atoms. The Hall–Kier alpha value is -11.1. The Kier molecular flexibility index (Phi) is 27.6. The lowest BCUT2D eigenvalue weighted by atomic mass is 9.81. The van der Waals surface area contributed by atoms with Gasteiger partial charge in [-0.2, -0.15) is 0 Å². The number of hydrogen-bond donors (Lipinski definition) is 18. The van der Waals surface area contributed by atoms with Crippen LogP contribution in [0.25, 0.3) is 0 Å². The first-order valence-electron chi connectivity index (χ1n) is 31.8. The quantitative estimate of drug-likeness (QED) is 0.0223. The molecule has 22 N–H and O–H groups in total. The van der Waals surface area contributed by atoms with Crippen LogP contribution in [-0.4, -0.2) is 127 Å². The Morgan fingerprint density at radius 1 is 0.326 bits per heavy atom. The molecule has 0 saturated carbocycles. The van der Waals surface area contributed by atoms with Crippen molar-refractivity contribution >= 4 is 65.1 Å². The molecule has 0 bridgehead atoms. The summed E-state index contributed by atoms with van der Waals surface area (Å²) in [5.74, 6) is -11.0. The lowest BCUT2D eigenvalue weighted by Gasteiger charge is -2.35. The fourth-order valence-electron chi connectivity index (χ4n) is 11.9. The third-order valence-corrected chi connectivity index (χ3v) is 16.5. The minimum atomic E-state index is -1.60. The van der Waals surface area contributed by atoms with E-state index in [0.29, 0.717) is 33.4 Å². The monoisotopic (exact) mass is 1290 g/mol. The van der Waals surface area contributed by atoms with Gasteiger partial charge in [0.2, 0.25) is 35.4 Å². The molecule has 95 heavy (non-hydrogen) atoms. The molecule has 500 valence electrons. The van der Waals surface area contributed by atoms with Crippen molar-refractivity contribution in [2.75, 3.05) is 26.2 Å². The van der Waals surface area contributed by atoms with Gasteiger partial charge in [0.15, 0.2) is 29.6 Å². The number of guanidine groups is 4. The Morgan fingerprint density at radius 3 is 0.842 bits per heavy atom. The maximum atomic E-state index is 16.5. The van der Waals surface area contributed by atoms with E-state index in [0.717, 1.165) is 0 Å². The number of Topliss-reactive ketones (excluding diaryl/α,β-unsaturated/α-hetero) is 1. The van der Waals surface area contributed by atoms with E-state index >= 15 is 33.6 Å². The van der Waals surface area contributed by atoms with Crippen LogP contribution in [0, 0.1) is 27.6 Å².